The van der Waals surface area contributed by atoms with E-state index in [9.17, 15) is 4.79 Å². The van der Waals surface area contributed by atoms with Gasteiger partial charge >= 0.3 is 0 Å². The molecule has 1 amide bonds. The highest BCUT2D eigenvalue weighted by molar-refractivity contribution is 5.77. The zero-order valence-electron chi connectivity index (χ0n) is 11.7. The third-order valence-electron chi connectivity index (χ3n) is 2.65. The molecule has 5 heteroatoms. The van der Waals surface area contributed by atoms with Crippen molar-refractivity contribution >= 4 is 11.6 Å². The summed E-state index contributed by atoms with van der Waals surface area (Å²) in [6.45, 7) is 7.27. The predicted octanol–water partition coefficient (Wildman–Crippen LogP) is 2.02. The van der Waals surface area contributed by atoms with Crippen LogP contribution in [-0.4, -0.2) is 25.7 Å². The zero-order chi connectivity index (χ0) is 14.3. The van der Waals surface area contributed by atoms with Crippen LogP contribution < -0.4 is 20.5 Å². The van der Waals surface area contributed by atoms with Gasteiger partial charge in [0.1, 0.15) is 11.5 Å². The Morgan fingerprint density at radius 3 is 2.58 bits per heavy atom. The smallest absolute Gasteiger partial charge is 0.222 e. The molecule has 3 N–H and O–H groups in total. The minimum absolute atomic E-state index is 0.245. The number of anilines is 1. The summed E-state index contributed by atoms with van der Waals surface area (Å²) in [6, 6.07) is 5.57. The molecule has 0 aromatic heterocycles. The summed E-state index contributed by atoms with van der Waals surface area (Å²) in [6.07, 6.45) is 0. The van der Waals surface area contributed by atoms with Crippen molar-refractivity contribution in [1.29, 1.82) is 0 Å². The number of ether oxygens (including phenoxy) is 2. The molecule has 1 aromatic rings. The SMILES string of the molecule is CCOc1ccc(OCC)c(NCC(C)C(N)=O)c1. The zero-order valence-corrected chi connectivity index (χ0v) is 11.7. The van der Waals surface area contributed by atoms with Crippen LogP contribution in [0.2, 0.25) is 0 Å². The Balaban J connectivity index is 2.81. The van der Waals surface area contributed by atoms with Gasteiger partial charge in [-0.15, -0.1) is 0 Å². The van der Waals surface area contributed by atoms with Gasteiger partial charge in [0, 0.05) is 12.6 Å². The Hall–Kier alpha value is -1.91. The first kappa shape index (κ1) is 15.1. The van der Waals surface area contributed by atoms with Gasteiger partial charge in [-0.2, -0.15) is 0 Å². The molecule has 0 aliphatic rings. The Morgan fingerprint density at radius 2 is 2.00 bits per heavy atom. The monoisotopic (exact) mass is 266 g/mol. The average Bonchev–Trinajstić information content (AvgIpc) is 2.38. The third kappa shape index (κ3) is 4.69. The molecular weight excluding hydrogens is 244 g/mol. The second-order valence-corrected chi connectivity index (χ2v) is 4.21. The largest absolute Gasteiger partial charge is 0.494 e. The maximum Gasteiger partial charge on any atom is 0.222 e. The summed E-state index contributed by atoms with van der Waals surface area (Å²) in [5, 5.41) is 3.17. The molecule has 1 unspecified atom stereocenters. The second kappa shape index (κ2) is 7.51. The van der Waals surface area contributed by atoms with E-state index in [1.807, 2.05) is 32.0 Å². The van der Waals surface area contributed by atoms with Crippen molar-refractivity contribution in [2.75, 3.05) is 25.1 Å². The summed E-state index contributed by atoms with van der Waals surface area (Å²) in [5.41, 5.74) is 6.05. The van der Waals surface area contributed by atoms with Gasteiger partial charge in [-0.05, 0) is 26.0 Å². The first-order valence-corrected chi connectivity index (χ1v) is 6.51. The highest BCUT2D eigenvalue weighted by atomic mass is 16.5. The molecule has 1 atom stereocenters. The Bertz CT molecular complexity index is 421. The lowest BCUT2D eigenvalue weighted by Crippen LogP contribution is -2.26. The van der Waals surface area contributed by atoms with Crippen molar-refractivity contribution in [2.24, 2.45) is 11.7 Å². The topological polar surface area (TPSA) is 73.6 Å². The average molecular weight is 266 g/mol. The first-order valence-electron chi connectivity index (χ1n) is 6.51. The van der Waals surface area contributed by atoms with Crippen LogP contribution in [0.5, 0.6) is 11.5 Å². The number of benzene rings is 1. The van der Waals surface area contributed by atoms with Gasteiger partial charge < -0.3 is 20.5 Å². The van der Waals surface area contributed by atoms with Gasteiger partial charge in [0.25, 0.3) is 0 Å². The van der Waals surface area contributed by atoms with Crippen LogP contribution in [0.15, 0.2) is 18.2 Å². The lowest BCUT2D eigenvalue weighted by atomic mass is 10.1. The van der Waals surface area contributed by atoms with Crippen molar-refractivity contribution in [3.63, 3.8) is 0 Å². The molecule has 5 nitrogen and oxygen atoms in total. The summed E-state index contributed by atoms with van der Waals surface area (Å²) in [5.74, 6) is 0.930. The van der Waals surface area contributed by atoms with Gasteiger partial charge in [0.2, 0.25) is 5.91 Å². The number of rotatable bonds is 8. The van der Waals surface area contributed by atoms with Crippen LogP contribution in [0.4, 0.5) is 5.69 Å². The third-order valence-corrected chi connectivity index (χ3v) is 2.65. The molecule has 0 radical (unpaired) electrons. The van der Waals surface area contributed by atoms with Crippen molar-refractivity contribution < 1.29 is 14.3 Å². The molecule has 19 heavy (non-hydrogen) atoms. The minimum Gasteiger partial charge on any atom is -0.494 e. The molecule has 0 aliphatic carbocycles. The van der Waals surface area contributed by atoms with Crippen LogP contribution in [-0.2, 0) is 4.79 Å². The number of primary amides is 1. The molecule has 0 heterocycles. The minimum atomic E-state index is -0.327. The number of carbonyl (C=O) groups is 1. The maximum atomic E-state index is 11.0. The van der Waals surface area contributed by atoms with Gasteiger partial charge in [-0.3, -0.25) is 4.79 Å². The number of hydrogen-bond donors (Lipinski definition) is 2. The first-order chi connectivity index (χ1) is 9.08. The predicted molar refractivity (Wildman–Crippen MR) is 75.6 cm³/mol. The van der Waals surface area contributed by atoms with Crippen LogP contribution in [0.3, 0.4) is 0 Å². The number of nitrogens with one attached hydrogen (secondary N) is 1. The van der Waals surface area contributed by atoms with E-state index in [-0.39, 0.29) is 11.8 Å². The van der Waals surface area contributed by atoms with E-state index < -0.39 is 0 Å². The Kier molecular flexibility index (Phi) is 5.99. The summed E-state index contributed by atoms with van der Waals surface area (Å²) in [4.78, 5) is 11.0. The lowest BCUT2D eigenvalue weighted by molar-refractivity contribution is -0.120. The fourth-order valence-electron chi connectivity index (χ4n) is 1.55. The Labute approximate surface area is 114 Å². The quantitative estimate of drug-likeness (QED) is 0.755. The fraction of sp³-hybridized carbons (Fsp3) is 0.500. The van der Waals surface area contributed by atoms with Crippen LogP contribution in [0.1, 0.15) is 20.8 Å². The van der Waals surface area contributed by atoms with Crippen molar-refractivity contribution in [1.82, 2.24) is 0 Å². The number of nitrogens with two attached hydrogens (primary N) is 1. The van der Waals surface area contributed by atoms with E-state index in [4.69, 9.17) is 15.2 Å². The lowest BCUT2D eigenvalue weighted by Gasteiger charge is -2.15. The second-order valence-electron chi connectivity index (χ2n) is 4.21. The molecular formula is C14H22N2O3. The maximum absolute atomic E-state index is 11.0. The molecule has 0 spiro atoms. The Morgan fingerprint density at radius 1 is 1.32 bits per heavy atom. The molecule has 0 saturated carbocycles. The van der Waals surface area contributed by atoms with Gasteiger partial charge in [0.15, 0.2) is 0 Å². The highest BCUT2D eigenvalue weighted by Crippen LogP contribution is 2.29. The molecule has 0 saturated heterocycles. The van der Waals surface area contributed by atoms with E-state index in [0.717, 1.165) is 17.2 Å². The van der Waals surface area contributed by atoms with E-state index >= 15 is 0 Å². The van der Waals surface area contributed by atoms with Crippen molar-refractivity contribution in [2.45, 2.75) is 20.8 Å². The fourth-order valence-corrected chi connectivity index (χ4v) is 1.55. The summed E-state index contributed by atoms with van der Waals surface area (Å²) in [7, 11) is 0. The normalized spacial score (nSPS) is 11.7. The van der Waals surface area contributed by atoms with E-state index in [1.54, 1.807) is 6.92 Å². The molecule has 0 fully saturated rings. The number of hydrogen-bond acceptors (Lipinski definition) is 4. The molecule has 1 aromatic carbocycles. The standard InChI is InChI=1S/C14H22N2O3/c1-4-18-11-6-7-13(19-5-2)12(8-11)16-9-10(3)14(15)17/h6-8,10,16H,4-5,9H2,1-3H3,(H2,15,17). The van der Waals surface area contributed by atoms with Crippen molar-refractivity contribution in [3.05, 3.63) is 18.2 Å². The van der Waals surface area contributed by atoms with Gasteiger partial charge in [-0.25, -0.2) is 0 Å². The van der Waals surface area contributed by atoms with E-state index in [1.165, 1.54) is 0 Å². The van der Waals surface area contributed by atoms with Crippen LogP contribution in [0, 0.1) is 5.92 Å². The van der Waals surface area contributed by atoms with Crippen LogP contribution in [0.25, 0.3) is 0 Å². The summed E-state index contributed by atoms with van der Waals surface area (Å²) >= 11 is 0. The molecule has 1 rings (SSSR count). The molecule has 106 valence electrons. The van der Waals surface area contributed by atoms with Crippen molar-refractivity contribution in [3.8, 4) is 11.5 Å². The summed E-state index contributed by atoms with van der Waals surface area (Å²) < 4.78 is 11.0. The van der Waals surface area contributed by atoms with Gasteiger partial charge in [-0.1, -0.05) is 6.92 Å². The highest BCUT2D eigenvalue weighted by Gasteiger charge is 2.11. The molecule has 0 aliphatic heterocycles. The van der Waals surface area contributed by atoms with E-state index in [0.29, 0.717) is 19.8 Å². The molecule has 0 bridgehead atoms. The van der Waals surface area contributed by atoms with Gasteiger partial charge in [0.05, 0.1) is 24.8 Å². The van der Waals surface area contributed by atoms with E-state index in [2.05, 4.69) is 5.32 Å². The number of carbonyl (C=O) groups excluding carboxylic acids is 1. The van der Waals surface area contributed by atoms with Crippen LogP contribution >= 0.6 is 0 Å². The number of amides is 1.